The van der Waals surface area contributed by atoms with E-state index in [1.807, 2.05) is 6.92 Å². The number of halogens is 1. The molecule has 1 unspecified atom stereocenters. The summed E-state index contributed by atoms with van der Waals surface area (Å²) in [6, 6.07) is 14.0. The molecular weight excluding hydrogens is 458 g/mol. The summed E-state index contributed by atoms with van der Waals surface area (Å²) in [7, 11) is 1.27. The van der Waals surface area contributed by atoms with Gasteiger partial charge in [-0.05, 0) is 43.2 Å². The topological polar surface area (TPSA) is 87.2 Å². The Labute approximate surface area is 203 Å². The van der Waals surface area contributed by atoms with Crippen LogP contribution in [-0.4, -0.2) is 59.4 Å². The molecule has 34 heavy (non-hydrogen) atoms. The molecule has 178 valence electrons. The average Bonchev–Trinajstić information content (AvgIpc) is 3.14. The minimum absolute atomic E-state index is 0.00386. The summed E-state index contributed by atoms with van der Waals surface area (Å²) in [5, 5.41) is 0.572. The lowest BCUT2D eigenvalue weighted by Gasteiger charge is -2.48. The molecule has 0 radical (unpaired) electrons. The molecule has 1 atom stereocenters. The SMILES string of the molecule is COC(=O)CN(Cc1ccc(Cl)cc1)C(=O)CCN1C(=O)c2ccccc2N2C(=O)CCC12C. The highest BCUT2D eigenvalue weighted by atomic mass is 35.5. The fourth-order valence-electron chi connectivity index (χ4n) is 4.67. The monoisotopic (exact) mass is 483 g/mol. The van der Waals surface area contributed by atoms with Gasteiger partial charge in [-0.2, -0.15) is 0 Å². The Morgan fingerprint density at radius 3 is 2.53 bits per heavy atom. The molecule has 4 rings (SSSR count). The van der Waals surface area contributed by atoms with E-state index in [0.29, 0.717) is 29.1 Å². The summed E-state index contributed by atoms with van der Waals surface area (Å²) >= 11 is 5.95. The van der Waals surface area contributed by atoms with Crippen molar-refractivity contribution in [2.45, 2.75) is 38.4 Å². The second-order valence-electron chi connectivity index (χ2n) is 8.62. The number of amides is 3. The van der Waals surface area contributed by atoms with Crippen molar-refractivity contribution in [3.63, 3.8) is 0 Å². The average molecular weight is 484 g/mol. The number of hydrogen-bond donors (Lipinski definition) is 0. The van der Waals surface area contributed by atoms with Crippen molar-refractivity contribution < 1.29 is 23.9 Å². The van der Waals surface area contributed by atoms with Crippen LogP contribution in [0.2, 0.25) is 5.02 Å². The fraction of sp³-hybridized carbons (Fsp3) is 0.360. The molecule has 0 bridgehead atoms. The van der Waals surface area contributed by atoms with Crippen molar-refractivity contribution in [1.82, 2.24) is 9.80 Å². The summed E-state index contributed by atoms with van der Waals surface area (Å²) in [4.78, 5) is 55.9. The number of anilines is 1. The van der Waals surface area contributed by atoms with E-state index in [-0.39, 0.29) is 43.8 Å². The first kappa shape index (κ1) is 23.8. The minimum Gasteiger partial charge on any atom is -0.468 e. The van der Waals surface area contributed by atoms with Crippen molar-refractivity contribution in [3.8, 4) is 0 Å². The Morgan fingerprint density at radius 1 is 1.12 bits per heavy atom. The number of carbonyl (C=O) groups is 4. The van der Waals surface area contributed by atoms with Crippen molar-refractivity contribution >= 4 is 41.0 Å². The van der Waals surface area contributed by atoms with Gasteiger partial charge >= 0.3 is 5.97 Å². The van der Waals surface area contributed by atoms with Gasteiger partial charge in [0.15, 0.2) is 0 Å². The maximum Gasteiger partial charge on any atom is 0.325 e. The van der Waals surface area contributed by atoms with Crippen LogP contribution in [-0.2, 0) is 25.7 Å². The molecule has 2 heterocycles. The smallest absolute Gasteiger partial charge is 0.325 e. The number of methoxy groups -OCH3 is 1. The summed E-state index contributed by atoms with van der Waals surface area (Å²) in [5.74, 6) is -1.10. The third-order valence-corrected chi connectivity index (χ3v) is 6.73. The highest BCUT2D eigenvalue weighted by Crippen LogP contribution is 2.44. The molecule has 8 nitrogen and oxygen atoms in total. The Bertz CT molecular complexity index is 1140. The van der Waals surface area contributed by atoms with E-state index in [0.717, 1.165) is 5.56 Å². The molecule has 0 aromatic heterocycles. The summed E-state index contributed by atoms with van der Waals surface area (Å²) in [6.45, 7) is 1.96. The molecule has 2 aromatic rings. The van der Waals surface area contributed by atoms with E-state index in [1.165, 1.54) is 12.0 Å². The summed E-state index contributed by atoms with van der Waals surface area (Å²) in [6.07, 6.45) is 0.806. The summed E-state index contributed by atoms with van der Waals surface area (Å²) < 4.78 is 4.76. The third kappa shape index (κ3) is 4.37. The van der Waals surface area contributed by atoms with E-state index in [9.17, 15) is 19.2 Å². The molecule has 2 aliphatic rings. The number of esters is 1. The molecule has 1 saturated heterocycles. The second-order valence-corrected chi connectivity index (χ2v) is 9.06. The van der Waals surface area contributed by atoms with Gasteiger partial charge in [-0.3, -0.25) is 24.1 Å². The van der Waals surface area contributed by atoms with Crippen LogP contribution >= 0.6 is 11.6 Å². The molecule has 9 heteroatoms. The van der Waals surface area contributed by atoms with Gasteiger partial charge in [-0.1, -0.05) is 35.9 Å². The van der Waals surface area contributed by atoms with Crippen molar-refractivity contribution in [1.29, 1.82) is 0 Å². The lowest BCUT2D eigenvalue weighted by molar-refractivity contribution is -0.147. The van der Waals surface area contributed by atoms with Crippen LogP contribution in [0.25, 0.3) is 0 Å². The maximum atomic E-state index is 13.4. The summed E-state index contributed by atoms with van der Waals surface area (Å²) in [5.41, 5.74) is 1.01. The van der Waals surface area contributed by atoms with Crippen LogP contribution in [0.5, 0.6) is 0 Å². The van der Waals surface area contributed by atoms with Crippen molar-refractivity contribution in [3.05, 3.63) is 64.7 Å². The van der Waals surface area contributed by atoms with Crippen molar-refractivity contribution in [2.24, 2.45) is 0 Å². The van der Waals surface area contributed by atoms with Gasteiger partial charge in [0.25, 0.3) is 5.91 Å². The highest BCUT2D eigenvalue weighted by molar-refractivity contribution is 6.30. The molecule has 3 amide bonds. The molecule has 0 N–H and O–H groups in total. The van der Waals surface area contributed by atoms with E-state index in [2.05, 4.69) is 0 Å². The predicted octanol–water partition coefficient (Wildman–Crippen LogP) is 3.23. The first-order valence-corrected chi connectivity index (χ1v) is 11.5. The van der Waals surface area contributed by atoms with Gasteiger partial charge in [-0.15, -0.1) is 0 Å². The van der Waals surface area contributed by atoms with E-state index in [4.69, 9.17) is 16.3 Å². The van der Waals surface area contributed by atoms with E-state index < -0.39 is 11.6 Å². The number of benzene rings is 2. The van der Waals surface area contributed by atoms with Crippen LogP contribution in [0.4, 0.5) is 5.69 Å². The zero-order valence-electron chi connectivity index (χ0n) is 19.1. The Hall–Kier alpha value is -3.39. The minimum atomic E-state index is -0.841. The first-order chi connectivity index (χ1) is 16.2. The van der Waals surface area contributed by atoms with Crippen molar-refractivity contribution in [2.75, 3.05) is 25.1 Å². The van der Waals surface area contributed by atoms with Gasteiger partial charge in [0.2, 0.25) is 11.8 Å². The van der Waals surface area contributed by atoms with Crippen LogP contribution in [0.1, 0.15) is 42.1 Å². The number of para-hydroxylation sites is 1. The van der Waals surface area contributed by atoms with Gasteiger partial charge in [0.05, 0.1) is 18.4 Å². The molecule has 2 aliphatic heterocycles. The van der Waals surface area contributed by atoms with E-state index >= 15 is 0 Å². The standard InChI is InChI=1S/C25H26ClN3O5/c1-25-13-11-22(31)29(25)20-6-4-3-5-19(20)24(33)28(25)14-12-21(30)27(16-23(32)34-2)15-17-7-9-18(26)10-8-17/h3-10H,11-16H2,1-2H3. The number of fused-ring (bicyclic) bond motifs is 3. The van der Waals surface area contributed by atoms with Gasteiger partial charge in [0, 0.05) is 31.0 Å². The Kier molecular flexibility index (Phi) is 6.61. The number of nitrogens with zero attached hydrogens (tertiary/aromatic N) is 3. The molecule has 0 aliphatic carbocycles. The Morgan fingerprint density at radius 2 is 1.82 bits per heavy atom. The van der Waals surface area contributed by atoms with Gasteiger partial charge in [0.1, 0.15) is 12.2 Å². The lowest BCUT2D eigenvalue weighted by Crippen LogP contribution is -2.62. The quantitative estimate of drug-likeness (QED) is 0.564. The molecule has 0 saturated carbocycles. The van der Waals surface area contributed by atoms with Crippen LogP contribution in [0.15, 0.2) is 48.5 Å². The van der Waals surface area contributed by atoms with Crippen LogP contribution < -0.4 is 4.90 Å². The second kappa shape index (κ2) is 9.46. The van der Waals surface area contributed by atoms with Gasteiger partial charge in [-0.25, -0.2) is 0 Å². The van der Waals surface area contributed by atoms with Gasteiger partial charge < -0.3 is 14.5 Å². The number of rotatable bonds is 7. The fourth-order valence-corrected chi connectivity index (χ4v) is 4.80. The largest absolute Gasteiger partial charge is 0.468 e. The maximum absolute atomic E-state index is 13.4. The van der Waals surface area contributed by atoms with Crippen LogP contribution in [0, 0.1) is 0 Å². The molecular formula is C25H26ClN3O5. The Balaban J connectivity index is 1.54. The lowest BCUT2D eigenvalue weighted by atomic mass is 9.98. The molecule has 1 fully saturated rings. The zero-order valence-corrected chi connectivity index (χ0v) is 19.9. The number of hydrogen-bond acceptors (Lipinski definition) is 5. The normalized spacial score (nSPS) is 19.0. The zero-order chi connectivity index (χ0) is 24.5. The highest BCUT2D eigenvalue weighted by Gasteiger charge is 2.52. The number of ether oxygens (including phenoxy) is 1. The number of carbonyl (C=O) groups excluding carboxylic acids is 4. The molecule has 0 spiro atoms. The first-order valence-electron chi connectivity index (χ1n) is 11.1. The molecule has 2 aromatic carbocycles. The third-order valence-electron chi connectivity index (χ3n) is 6.48. The predicted molar refractivity (Wildman–Crippen MR) is 126 cm³/mol. The van der Waals surface area contributed by atoms with Crippen LogP contribution in [0.3, 0.4) is 0 Å². The van der Waals surface area contributed by atoms with E-state index in [1.54, 1.807) is 58.3 Å².